The lowest BCUT2D eigenvalue weighted by molar-refractivity contribution is 0.481. The smallest absolute Gasteiger partial charge is 0.0331 e. The first-order valence-electron chi connectivity index (χ1n) is 6.55. The predicted molar refractivity (Wildman–Crippen MR) is 74.2 cm³/mol. The average Bonchev–Trinajstić information content (AvgIpc) is 2.69. The first-order valence-corrected chi connectivity index (χ1v) is 7.49. The summed E-state index contributed by atoms with van der Waals surface area (Å²) in [6.07, 6.45) is 6.71. The fourth-order valence-corrected chi connectivity index (χ4v) is 3.02. The molecule has 0 saturated carbocycles. The molecule has 1 heterocycles. The van der Waals surface area contributed by atoms with E-state index in [1.54, 1.807) is 0 Å². The Kier molecular flexibility index (Phi) is 6.74. The summed E-state index contributed by atoms with van der Waals surface area (Å²) in [6.45, 7) is 7.75. The Morgan fingerprint density at radius 1 is 1.19 bits per heavy atom. The second-order valence-corrected chi connectivity index (χ2v) is 5.21. The molecule has 16 heavy (non-hydrogen) atoms. The zero-order chi connectivity index (χ0) is 11.8. The van der Waals surface area contributed by atoms with E-state index in [0.717, 1.165) is 6.54 Å². The van der Waals surface area contributed by atoms with Gasteiger partial charge in [-0.1, -0.05) is 39.5 Å². The second-order valence-electron chi connectivity index (χ2n) is 4.47. The van der Waals surface area contributed by atoms with Gasteiger partial charge in [-0.05, 0) is 41.8 Å². The molecule has 1 rings (SSSR count). The summed E-state index contributed by atoms with van der Waals surface area (Å²) in [5.74, 6) is 0. The lowest BCUT2D eigenvalue weighted by atomic mass is 10.00. The van der Waals surface area contributed by atoms with Crippen molar-refractivity contribution in [2.45, 2.75) is 58.9 Å². The van der Waals surface area contributed by atoms with Crippen molar-refractivity contribution in [3.8, 4) is 0 Å². The summed E-state index contributed by atoms with van der Waals surface area (Å²) < 4.78 is 0. The van der Waals surface area contributed by atoms with Gasteiger partial charge in [0.15, 0.2) is 0 Å². The van der Waals surface area contributed by atoms with Crippen molar-refractivity contribution >= 4 is 11.3 Å². The van der Waals surface area contributed by atoms with Crippen molar-refractivity contribution in [3.63, 3.8) is 0 Å². The fraction of sp³-hybridized carbons (Fsp3) is 0.714. The van der Waals surface area contributed by atoms with Crippen LogP contribution < -0.4 is 5.32 Å². The third kappa shape index (κ3) is 4.26. The van der Waals surface area contributed by atoms with E-state index in [4.69, 9.17) is 0 Å². The topological polar surface area (TPSA) is 12.0 Å². The predicted octanol–water partition coefficient (Wildman–Crippen LogP) is 4.68. The molecule has 0 saturated heterocycles. The van der Waals surface area contributed by atoms with Gasteiger partial charge in [0.2, 0.25) is 0 Å². The minimum Gasteiger partial charge on any atom is -0.310 e. The molecule has 0 aromatic carbocycles. The van der Waals surface area contributed by atoms with Crippen molar-refractivity contribution in [1.29, 1.82) is 0 Å². The molecule has 0 spiro atoms. The van der Waals surface area contributed by atoms with E-state index in [0.29, 0.717) is 6.04 Å². The van der Waals surface area contributed by atoms with Gasteiger partial charge in [0.1, 0.15) is 0 Å². The Morgan fingerprint density at radius 2 is 2.00 bits per heavy atom. The molecule has 0 aliphatic rings. The van der Waals surface area contributed by atoms with Crippen LogP contribution in [0.15, 0.2) is 10.8 Å². The third-order valence-corrected chi connectivity index (χ3v) is 3.95. The van der Waals surface area contributed by atoms with E-state index >= 15 is 0 Å². The van der Waals surface area contributed by atoms with Crippen LogP contribution in [0, 0.1) is 6.92 Å². The molecular formula is C14H25NS. The SMILES string of the molecule is CCCCCCC(NCC)c1cscc1C. The maximum absolute atomic E-state index is 3.61. The number of rotatable bonds is 8. The Labute approximate surface area is 104 Å². The van der Waals surface area contributed by atoms with Gasteiger partial charge in [-0.25, -0.2) is 0 Å². The minimum atomic E-state index is 0.577. The Morgan fingerprint density at radius 3 is 2.56 bits per heavy atom. The van der Waals surface area contributed by atoms with Crippen LogP contribution in [0.25, 0.3) is 0 Å². The summed E-state index contributed by atoms with van der Waals surface area (Å²) >= 11 is 1.82. The summed E-state index contributed by atoms with van der Waals surface area (Å²) in [7, 11) is 0. The van der Waals surface area contributed by atoms with E-state index in [-0.39, 0.29) is 0 Å². The fourth-order valence-electron chi connectivity index (χ4n) is 2.12. The number of thiophene rings is 1. The van der Waals surface area contributed by atoms with Gasteiger partial charge in [-0.15, -0.1) is 0 Å². The monoisotopic (exact) mass is 239 g/mol. The van der Waals surface area contributed by atoms with Crippen LogP contribution in [-0.2, 0) is 0 Å². The van der Waals surface area contributed by atoms with Gasteiger partial charge in [-0.3, -0.25) is 0 Å². The van der Waals surface area contributed by atoms with Crippen LogP contribution in [0.4, 0.5) is 0 Å². The van der Waals surface area contributed by atoms with Crippen LogP contribution in [0.1, 0.15) is 63.1 Å². The summed E-state index contributed by atoms with van der Waals surface area (Å²) in [5, 5.41) is 8.17. The van der Waals surface area contributed by atoms with Gasteiger partial charge in [0.25, 0.3) is 0 Å². The molecule has 1 unspecified atom stereocenters. The maximum Gasteiger partial charge on any atom is 0.0331 e. The minimum absolute atomic E-state index is 0.577. The van der Waals surface area contributed by atoms with Gasteiger partial charge >= 0.3 is 0 Å². The van der Waals surface area contributed by atoms with Gasteiger partial charge in [-0.2, -0.15) is 11.3 Å². The highest BCUT2D eigenvalue weighted by atomic mass is 32.1. The van der Waals surface area contributed by atoms with E-state index < -0.39 is 0 Å². The molecular weight excluding hydrogens is 214 g/mol. The molecule has 0 fully saturated rings. The van der Waals surface area contributed by atoms with Crippen LogP contribution in [0.3, 0.4) is 0 Å². The second kappa shape index (κ2) is 7.86. The molecule has 92 valence electrons. The highest BCUT2D eigenvalue weighted by molar-refractivity contribution is 7.08. The van der Waals surface area contributed by atoms with E-state index in [1.165, 1.54) is 43.2 Å². The van der Waals surface area contributed by atoms with Crippen molar-refractivity contribution in [2.24, 2.45) is 0 Å². The molecule has 0 radical (unpaired) electrons. The zero-order valence-electron chi connectivity index (χ0n) is 10.9. The van der Waals surface area contributed by atoms with E-state index in [2.05, 4.69) is 36.8 Å². The van der Waals surface area contributed by atoms with E-state index in [9.17, 15) is 0 Å². The molecule has 1 aromatic rings. The first kappa shape index (κ1) is 13.7. The van der Waals surface area contributed by atoms with Crippen LogP contribution >= 0.6 is 11.3 Å². The van der Waals surface area contributed by atoms with Crippen LogP contribution in [-0.4, -0.2) is 6.54 Å². The molecule has 1 nitrogen and oxygen atoms in total. The summed E-state index contributed by atoms with van der Waals surface area (Å²) in [6, 6.07) is 0.577. The molecule has 1 N–H and O–H groups in total. The lowest BCUT2D eigenvalue weighted by Gasteiger charge is -2.18. The van der Waals surface area contributed by atoms with Gasteiger partial charge < -0.3 is 5.32 Å². The Hall–Kier alpha value is -0.340. The van der Waals surface area contributed by atoms with Crippen molar-refractivity contribution in [3.05, 3.63) is 21.9 Å². The number of nitrogens with one attached hydrogen (secondary N) is 1. The van der Waals surface area contributed by atoms with Crippen molar-refractivity contribution < 1.29 is 0 Å². The molecule has 0 aliphatic carbocycles. The maximum atomic E-state index is 3.61. The quantitative estimate of drug-likeness (QED) is 0.650. The average molecular weight is 239 g/mol. The zero-order valence-corrected chi connectivity index (χ0v) is 11.7. The molecule has 1 aromatic heterocycles. The van der Waals surface area contributed by atoms with Gasteiger partial charge in [0.05, 0.1) is 0 Å². The van der Waals surface area contributed by atoms with Crippen molar-refractivity contribution in [1.82, 2.24) is 5.32 Å². The van der Waals surface area contributed by atoms with Crippen LogP contribution in [0.5, 0.6) is 0 Å². The number of aryl methyl sites for hydroxylation is 1. The highest BCUT2D eigenvalue weighted by Crippen LogP contribution is 2.26. The molecule has 0 aliphatic heterocycles. The van der Waals surface area contributed by atoms with Gasteiger partial charge in [0, 0.05) is 6.04 Å². The first-order chi connectivity index (χ1) is 7.79. The number of hydrogen-bond acceptors (Lipinski definition) is 2. The van der Waals surface area contributed by atoms with Crippen molar-refractivity contribution in [2.75, 3.05) is 6.54 Å². The molecule has 2 heteroatoms. The number of unbranched alkanes of at least 4 members (excludes halogenated alkanes) is 3. The molecule has 0 amide bonds. The standard InChI is InChI=1S/C14H25NS/c1-4-6-7-8-9-14(15-5-2)13-11-16-10-12(13)3/h10-11,14-15H,4-9H2,1-3H3. The summed E-state index contributed by atoms with van der Waals surface area (Å²) in [5.41, 5.74) is 2.97. The molecule has 1 atom stereocenters. The lowest BCUT2D eigenvalue weighted by Crippen LogP contribution is -2.21. The summed E-state index contributed by atoms with van der Waals surface area (Å²) in [4.78, 5) is 0. The van der Waals surface area contributed by atoms with E-state index in [1.807, 2.05) is 11.3 Å². The Bertz CT molecular complexity index is 280. The normalized spacial score (nSPS) is 12.9. The highest BCUT2D eigenvalue weighted by Gasteiger charge is 2.12. The Balaban J connectivity index is 2.45. The third-order valence-electron chi connectivity index (χ3n) is 3.07. The number of hydrogen-bond donors (Lipinski definition) is 1. The van der Waals surface area contributed by atoms with Crippen LogP contribution in [0.2, 0.25) is 0 Å². The molecule has 0 bridgehead atoms. The largest absolute Gasteiger partial charge is 0.310 e.